The summed E-state index contributed by atoms with van der Waals surface area (Å²) in [7, 11) is 0. The smallest absolute Gasteiger partial charge is 0.338 e. The first-order valence-corrected chi connectivity index (χ1v) is 14.5. The number of rotatable bonds is 8. The predicted octanol–water partition coefficient (Wildman–Crippen LogP) is 5.32. The molecule has 222 valence electrons. The van der Waals surface area contributed by atoms with Crippen LogP contribution in [0.1, 0.15) is 42.5 Å². The number of halogens is 1. The number of non-ortho nitro benzene ring substituents is 1. The van der Waals surface area contributed by atoms with Gasteiger partial charge in [0.25, 0.3) is 5.69 Å². The number of nitrogens with zero attached hydrogens (tertiary/aromatic N) is 2. The number of carbonyl (C=O) groups is 3. The number of carbonyl (C=O) groups excluding carboxylic acids is 3. The van der Waals surface area contributed by atoms with E-state index in [9.17, 15) is 28.9 Å². The summed E-state index contributed by atoms with van der Waals surface area (Å²) in [5.41, 5.74) is 7.43. The number of Topliss-reactive ketones (excluding diaryl/α,β-unsaturated/α-hetero) is 1. The van der Waals surface area contributed by atoms with Gasteiger partial charge in [0.2, 0.25) is 0 Å². The maximum absolute atomic E-state index is 14.7. The van der Waals surface area contributed by atoms with Crippen LogP contribution in [0, 0.1) is 21.8 Å². The normalized spacial score (nSPS) is 20.1. The highest BCUT2D eigenvalue weighted by Gasteiger charge is 2.51. The first kappa shape index (κ1) is 29.6. The van der Waals surface area contributed by atoms with Gasteiger partial charge in [-0.2, -0.15) is 0 Å². The Morgan fingerprint density at radius 1 is 1.09 bits per heavy atom. The lowest BCUT2D eigenvalue weighted by atomic mass is 9.68. The van der Waals surface area contributed by atoms with Crippen molar-refractivity contribution in [1.82, 2.24) is 0 Å². The van der Waals surface area contributed by atoms with Crippen molar-refractivity contribution in [2.45, 2.75) is 32.1 Å². The van der Waals surface area contributed by atoms with Gasteiger partial charge in [-0.1, -0.05) is 18.2 Å². The van der Waals surface area contributed by atoms with E-state index >= 15 is 0 Å². The third kappa shape index (κ3) is 5.41. The zero-order valence-corrected chi connectivity index (χ0v) is 24.1. The van der Waals surface area contributed by atoms with E-state index in [0.717, 1.165) is 4.88 Å². The lowest BCUT2D eigenvalue weighted by Crippen LogP contribution is -2.46. The molecule has 0 bridgehead atoms. The molecule has 0 fully saturated rings. The first-order chi connectivity index (χ1) is 20.7. The summed E-state index contributed by atoms with van der Waals surface area (Å²) >= 11 is 1.38. The molecule has 0 unspecified atom stereocenters. The molecule has 43 heavy (non-hydrogen) atoms. The van der Waals surface area contributed by atoms with E-state index in [1.165, 1.54) is 58.7 Å². The number of nitro groups is 1. The molecule has 5 rings (SSSR count). The third-order valence-corrected chi connectivity index (χ3v) is 8.49. The maximum Gasteiger partial charge on any atom is 0.338 e. The Kier molecular flexibility index (Phi) is 8.40. The van der Waals surface area contributed by atoms with Crippen LogP contribution in [-0.4, -0.2) is 35.9 Å². The van der Waals surface area contributed by atoms with Crippen LogP contribution in [0.2, 0.25) is 0 Å². The number of benzene rings is 2. The summed E-state index contributed by atoms with van der Waals surface area (Å²) in [5, 5.41) is 13.6. The van der Waals surface area contributed by atoms with Crippen molar-refractivity contribution in [2.24, 2.45) is 11.7 Å². The molecular formula is C31H28FN3O7S. The van der Waals surface area contributed by atoms with Gasteiger partial charge in [-0.15, -0.1) is 11.3 Å². The fraction of sp³-hybridized carbons (Fsp3) is 0.258. The van der Waals surface area contributed by atoms with Gasteiger partial charge in [0.1, 0.15) is 17.6 Å². The fourth-order valence-corrected chi connectivity index (χ4v) is 6.61. The number of ether oxygens (including phenoxy) is 2. The molecule has 1 aliphatic heterocycles. The van der Waals surface area contributed by atoms with Crippen LogP contribution in [0.15, 0.2) is 88.7 Å². The van der Waals surface area contributed by atoms with Gasteiger partial charge in [0.05, 0.1) is 29.6 Å². The molecule has 1 aliphatic carbocycles. The Labute approximate surface area is 250 Å². The van der Waals surface area contributed by atoms with Crippen LogP contribution in [0.3, 0.4) is 0 Å². The number of anilines is 1. The Hall–Kier alpha value is -4.84. The Bertz CT molecular complexity index is 1650. The number of hydrogen-bond acceptors (Lipinski definition) is 10. The molecule has 1 aromatic heterocycles. The Morgan fingerprint density at radius 3 is 2.44 bits per heavy atom. The van der Waals surface area contributed by atoms with E-state index in [4.69, 9.17) is 15.2 Å². The molecule has 3 aromatic rings. The zero-order chi connectivity index (χ0) is 30.8. The second-order valence-corrected chi connectivity index (χ2v) is 10.9. The second kappa shape index (κ2) is 12.2. The number of esters is 2. The summed E-state index contributed by atoms with van der Waals surface area (Å²) in [6, 6.07) is 14.6. The van der Waals surface area contributed by atoms with Crippen molar-refractivity contribution >= 4 is 40.4 Å². The average Bonchev–Trinajstić information content (AvgIpc) is 3.52. The third-order valence-electron chi connectivity index (χ3n) is 7.48. The van der Waals surface area contributed by atoms with E-state index < -0.39 is 46.2 Å². The summed E-state index contributed by atoms with van der Waals surface area (Å²) in [6.07, 6.45) is 0.130. The average molecular weight is 606 g/mol. The lowest BCUT2D eigenvalue weighted by molar-refractivity contribution is -0.384. The largest absolute Gasteiger partial charge is 0.465 e. The molecule has 0 radical (unpaired) electrons. The van der Waals surface area contributed by atoms with E-state index in [1.807, 2.05) is 17.5 Å². The van der Waals surface area contributed by atoms with Gasteiger partial charge in [-0.25, -0.2) is 9.18 Å². The Balaban J connectivity index is 1.83. The van der Waals surface area contributed by atoms with Crippen molar-refractivity contribution in [2.75, 3.05) is 18.1 Å². The molecule has 12 heteroatoms. The summed E-state index contributed by atoms with van der Waals surface area (Å²) in [5.74, 6) is -5.81. The van der Waals surface area contributed by atoms with Gasteiger partial charge >= 0.3 is 11.9 Å². The fourth-order valence-electron chi connectivity index (χ4n) is 5.75. The minimum absolute atomic E-state index is 0.0143. The molecule has 0 saturated heterocycles. The maximum atomic E-state index is 14.7. The van der Waals surface area contributed by atoms with Gasteiger partial charge in [-0.05, 0) is 61.5 Å². The zero-order valence-electron chi connectivity index (χ0n) is 23.3. The van der Waals surface area contributed by atoms with Crippen LogP contribution in [0.4, 0.5) is 15.8 Å². The molecule has 0 amide bonds. The highest BCUT2D eigenvalue weighted by Crippen LogP contribution is 2.52. The van der Waals surface area contributed by atoms with Crippen LogP contribution >= 0.6 is 11.3 Å². The number of hydrogen-bond donors (Lipinski definition) is 1. The van der Waals surface area contributed by atoms with Crippen molar-refractivity contribution in [3.8, 4) is 0 Å². The van der Waals surface area contributed by atoms with E-state index in [2.05, 4.69) is 0 Å². The SMILES string of the molecule is CCOC(=O)C1=C(N)N(c2ccc(F)cc2)C2=C(C(=O)[C@@H](C(=O)OCC)[C@@H](c3cccs3)C2)[C@@H]1c1cccc([N+](=O)[O-])c1. The van der Waals surface area contributed by atoms with Crippen LogP contribution in [0.25, 0.3) is 0 Å². The number of ketones is 1. The topological polar surface area (TPSA) is 142 Å². The highest BCUT2D eigenvalue weighted by molar-refractivity contribution is 7.10. The summed E-state index contributed by atoms with van der Waals surface area (Å²) < 4.78 is 24.7. The number of nitro benzene ring substituents is 1. The molecule has 0 spiro atoms. The second-order valence-electron chi connectivity index (χ2n) is 9.90. The highest BCUT2D eigenvalue weighted by atomic mass is 32.1. The monoisotopic (exact) mass is 605 g/mol. The predicted molar refractivity (Wildman–Crippen MR) is 156 cm³/mol. The standard InChI is InChI=1S/C31H28FN3O7S/c1-3-41-30(37)25-21(23-9-6-14-43-23)16-22-26(28(25)36)24(17-7-5-8-20(15-17)35(39)40)27(31(38)42-4-2)29(33)34(22)19-12-10-18(32)11-13-19/h5-15,21,24-25H,3-4,16,33H2,1-2H3/t21-,24+,25+/m1/s1. The molecular weight excluding hydrogens is 577 g/mol. The number of thiophene rings is 1. The molecule has 2 heterocycles. The molecule has 2 N–H and O–H groups in total. The quantitative estimate of drug-likeness (QED) is 0.156. The van der Waals surface area contributed by atoms with Gasteiger partial charge in [-0.3, -0.25) is 24.6 Å². The Morgan fingerprint density at radius 2 is 1.81 bits per heavy atom. The van der Waals surface area contributed by atoms with Crippen molar-refractivity contribution in [1.29, 1.82) is 0 Å². The number of allylic oxidation sites excluding steroid dienone is 2. The van der Waals surface area contributed by atoms with Gasteiger partial charge in [0.15, 0.2) is 5.78 Å². The molecule has 2 aliphatic rings. The van der Waals surface area contributed by atoms with E-state index in [1.54, 1.807) is 19.9 Å². The van der Waals surface area contributed by atoms with Crippen molar-refractivity contribution < 1.29 is 33.2 Å². The minimum Gasteiger partial charge on any atom is -0.465 e. The van der Waals surface area contributed by atoms with E-state index in [-0.39, 0.29) is 47.9 Å². The van der Waals surface area contributed by atoms with E-state index in [0.29, 0.717) is 11.4 Å². The molecule has 2 aromatic carbocycles. The van der Waals surface area contributed by atoms with Crippen LogP contribution in [0.5, 0.6) is 0 Å². The summed E-state index contributed by atoms with van der Waals surface area (Å²) in [6.45, 7) is 3.28. The molecule has 3 atom stereocenters. The van der Waals surface area contributed by atoms with Crippen LogP contribution < -0.4 is 10.6 Å². The minimum atomic E-state index is -1.25. The first-order valence-electron chi connectivity index (χ1n) is 13.6. The number of nitrogens with two attached hydrogens (primary N) is 1. The van der Waals surface area contributed by atoms with Crippen LogP contribution in [-0.2, 0) is 23.9 Å². The molecule has 10 nitrogen and oxygen atoms in total. The van der Waals surface area contributed by atoms with Gasteiger partial charge in [0, 0.05) is 39.9 Å². The lowest BCUT2D eigenvalue weighted by Gasteiger charge is -2.43. The summed E-state index contributed by atoms with van der Waals surface area (Å²) in [4.78, 5) is 55.1. The van der Waals surface area contributed by atoms with Gasteiger partial charge < -0.3 is 15.2 Å². The van der Waals surface area contributed by atoms with Crippen molar-refractivity contribution in [3.05, 3.63) is 115 Å². The molecule has 0 saturated carbocycles. The van der Waals surface area contributed by atoms with Crippen molar-refractivity contribution in [3.63, 3.8) is 0 Å².